The topological polar surface area (TPSA) is 20.2 Å². The molecule has 0 unspecified atom stereocenters. The summed E-state index contributed by atoms with van der Waals surface area (Å²) in [6.07, 6.45) is 14.6. The molecule has 0 aromatic heterocycles. The highest BCUT2D eigenvalue weighted by molar-refractivity contribution is 14.1. The van der Waals surface area contributed by atoms with Crippen molar-refractivity contribution in [3.8, 4) is 0 Å². The third kappa shape index (κ3) is 3.17. The molecule has 4 rings (SSSR count). The fourth-order valence-corrected chi connectivity index (χ4v) is 10.2. The smallest absolute Gasteiger partial charge is 0.0648 e. The van der Waals surface area contributed by atoms with E-state index >= 15 is 0 Å². The van der Waals surface area contributed by atoms with Gasteiger partial charge in [0.05, 0.1) is 5.60 Å². The van der Waals surface area contributed by atoms with E-state index in [4.69, 9.17) is 0 Å². The van der Waals surface area contributed by atoms with Gasteiger partial charge in [-0.15, -0.1) is 0 Å². The molecular weight excluding hydrogens is 443 g/mol. The Morgan fingerprint density at radius 3 is 2.33 bits per heavy atom. The molecule has 0 radical (unpaired) electrons. The highest BCUT2D eigenvalue weighted by atomic mass is 127. The second-order valence-corrected chi connectivity index (χ2v) is 12.4. The molecule has 0 spiro atoms. The van der Waals surface area contributed by atoms with Crippen LogP contribution in [0.1, 0.15) is 98.3 Å². The van der Waals surface area contributed by atoms with Crippen molar-refractivity contribution in [3.05, 3.63) is 0 Å². The van der Waals surface area contributed by atoms with Gasteiger partial charge in [-0.25, -0.2) is 0 Å². The SMILES string of the molecule is CC[C@H](CI)[C@H]1CC[C@H]2[C@@H]3CC[C@H]4C[C@](O)(CC)CC[C@]4(C)[C@H]3CC[C@]12C. The fourth-order valence-electron chi connectivity index (χ4n) is 8.96. The third-order valence-corrected chi connectivity index (χ3v) is 12.0. The Balaban J connectivity index is 1.56. The summed E-state index contributed by atoms with van der Waals surface area (Å²) in [7, 11) is 0. The van der Waals surface area contributed by atoms with Crippen LogP contribution in [0.4, 0.5) is 0 Å². The molecule has 0 saturated heterocycles. The van der Waals surface area contributed by atoms with E-state index in [2.05, 4.69) is 50.3 Å². The van der Waals surface area contributed by atoms with Gasteiger partial charge in [-0.05, 0) is 111 Å². The molecular formula is C25H43IO. The summed E-state index contributed by atoms with van der Waals surface area (Å²) in [6, 6.07) is 0. The zero-order valence-electron chi connectivity index (χ0n) is 18.3. The summed E-state index contributed by atoms with van der Waals surface area (Å²) in [4.78, 5) is 0. The molecule has 2 heteroatoms. The number of rotatable bonds is 4. The van der Waals surface area contributed by atoms with Gasteiger partial charge < -0.3 is 5.11 Å². The molecule has 4 aliphatic rings. The number of hydrogen-bond donors (Lipinski definition) is 1. The van der Waals surface area contributed by atoms with Crippen LogP contribution >= 0.6 is 22.6 Å². The van der Waals surface area contributed by atoms with E-state index in [1.54, 1.807) is 0 Å². The number of halogens is 1. The van der Waals surface area contributed by atoms with Gasteiger partial charge in [0.1, 0.15) is 0 Å². The van der Waals surface area contributed by atoms with Crippen molar-refractivity contribution in [2.45, 2.75) is 104 Å². The maximum absolute atomic E-state index is 11.0. The normalized spacial score (nSPS) is 53.3. The van der Waals surface area contributed by atoms with E-state index < -0.39 is 0 Å². The van der Waals surface area contributed by atoms with Crippen LogP contribution in [-0.4, -0.2) is 15.1 Å². The Kier molecular flexibility index (Phi) is 5.76. The number of fused-ring (bicyclic) bond motifs is 5. The Morgan fingerprint density at radius 1 is 0.926 bits per heavy atom. The predicted molar refractivity (Wildman–Crippen MR) is 123 cm³/mol. The lowest BCUT2D eigenvalue weighted by Crippen LogP contribution is -2.56. The highest BCUT2D eigenvalue weighted by Gasteiger charge is 2.61. The summed E-state index contributed by atoms with van der Waals surface area (Å²) < 4.78 is 1.35. The number of hydrogen-bond acceptors (Lipinski definition) is 1. The maximum atomic E-state index is 11.0. The Bertz CT molecular complexity index is 544. The number of aliphatic hydroxyl groups is 1. The van der Waals surface area contributed by atoms with E-state index in [-0.39, 0.29) is 5.60 Å². The van der Waals surface area contributed by atoms with Crippen LogP contribution in [0.5, 0.6) is 0 Å². The molecule has 0 aromatic rings. The second-order valence-electron chi connectivity index (χ2n) is 11.5. The zero-order valence-corrected chi connectivity index (χ0v) is 20.4. The van der Waals surface area contributed by atoms with Crippen molar-refractivity contribution in [2.24, 2.45) is 46.3 Å². The van der Waals surface area contributed by atoms with Crippen molar-refractivity contribution < 1.29 is 5.11 Å². The standard InChI is InChI=1S/C25H43IO/c1-5-17(16-26)20-9-10-21-19-8-7-18-15-25(27,6-2)14-13-23(18,3)22(19)11-12-24(20,21)4/h17-22,27H,5-16H2,1-4H3/t17-,18+,19+,20-,21+,22+,23+,24-,25+/m1/s1. The minimum Gasteiger partial charge on any atom is -0.390 e. The monoisotopic (exact) mass is 486 g/mol. The van der Waals surface area contributed by atoms with Gasteiger partial charge >= 0.3 is 0 Å². The zero-order chi connectivity index (χ0) is 19.4. The van der Waals surface area contributed by atoms with Crippen LogP contribution in [-0.2, 0) is 0 Å². The third-order valence-electron chi connectivity index (χ3n) is 10.8. The van der Waals surface area contributed by atoms with Crippen molar-refractivity contribution >= 4 is 22.6 Å². The molecule has 1 N–H and O–H groups in total. The van der Waals surface area contributed by atoms with E-state index in [0.29, 0.717) is 10.8 Å². The first-order valence-electron chi connectivity index (χ1n) is 12.1. The molecule has 9 atom stereocenters. The molecule has 0 heterocycles. The first-order valence-corrected chi connectivity index (χ1v) is 13.6. The van der Waals surface area contributed by atoms with E-state index in [1.807, 2.05) is 0 Å². The van der Waals surface area contributed by atoms with Gasteiger partial charge in [0.2, 0.25) is 0 Å². The summed E-state index contributed by atoms with van der Waals surface area (Å²) in [5.41, 5.74) is 0.777. The van der Waals surface area contributed by atoms with Gasteiger partial charge in [-0.2, -0.15) is 0 Å². The Morgan fingerprint density at radius 2 is 1.67 bits per heavy atom. The van der Waals surface area contributed by atoms with Crippen molar-refractivity contribution in [2.75, 3.05) is 4.43 Å². The van der Waals surface area contributed by atoms with E-state index in [9.17, 15) is 5.11 Å². The molecule has 156 valence electrons. The Hall–Kier alpha value is 0.690. The van der Waals surface area contributed by atoms with Crippen molar-refractivity contribution in [1.29, 1.82) is 0 Å². The largest absolute Gasteiger partial charge is 0.390 e. The minimum atomic E-state index is -0.354. The van der Waals surface area contributed by atoms with Crippen LogP contribution in [0.25, 0.3) is 0 Å². The molecule has 4 aliphatic carbocycles. The molecule has 0 bridgehead atoms. The second kappa shape index (κ2) is 7.43. The lowest BCUT2D eigenvalue weighted by Gasteiger charge is -2.62. The molecule has 0 aliphatic heterocycles. The quantitative estimate of drug-likeness (QED) is 0.328. The van der Waals surface area contributed by atoms with Gasteiger partial charge in [-0.1, -0.05) is 56.7 Å². The molecule has 4 saturated carbocycles. The lowest BCUT2D eigenvalue weighted by atomic mass is 9.43. The number of alkyl halides is 1. The predicted octanol–water partition coefficient (Wildman–Crippen LogP) is 7.25. The molecule has 27 heavy (non-hydrogen) atoms. The Labute approximate surface area is 182 Å². The van der Waals surface area contributed by atoms with Crippen LogP contribution in [0.15, 0.2) is 0 Å². The van der Waals surface area contributed by atoms with Gasteiger partial charge in [0.15, 0.2) is 0 Å². The average Bonchev–Trinajstić information content (AvgIpc) is 3.01. The average molecular weight is 487 g/mol. The van der Waals surface area contributed by atoms with E-state index in [0.717, 1.165) is 54.8 Å². The van der Waals surface area contributed by atoms with E-state index in [1.165, 1.54) is 55.8 Å². The first kappa shape index (κ1) is 20.9. The van der Waals surface area contributed by atoms with Crippen molar-refractivity contribution in [3.63, 3.8) is 0 Å². The minimum absolute atomic E-state index is 0.354. The summed E-state index contributed by atoms with van der Waals surface area (Å²) >= 11 is 2.66. The van der Waals surface area contributed by atoms with Crippen LogP contribution in [0.2, 0.25) is 0 Å². The summed E-state index contributed by atoms with van der Waals surface area (Å²) in [5.74, 6) is 5.61. The van der Waals surface area contributed by atoms with Gasteiger partial charge in [-0.3, -0.25) is 0 Å². The maximum Gasteiger partial charge on any atom is 0.0648 e. The van der Waals surface area contributed by atoms with Crippen molar-refractivity contribution in [1.82, 2.24) is 0 Å². The molecule has 0 amide bonds. The first-order chi connectivity index (χ1) is 12.8. The molecule has 0 aromatic carbocycles. The molecule has 1 nitrogen and oxygen atoms in total. The molecule has 4 fully saturated rings. The van der Waals surface area contributed by atoms with Gasteiger partial charge in [0, 0.05) is 4.43 Å². The van der Waals surface area contributed by atoms with Crippen LogP contribution < -0.4 is 0 Å². The fraction of sp³-hybridized carbons (Fsp3) is 1.00. The van der Waals surface area contributed by atoms with Gasteiger partial charge in [0.25, 0.3) is 0 Å². The lowest BCUT2D eigenvalue weighted by molar-refractivity contribution is -0.152. The summed E-state index contributed by atoms with van der Waals surface area (Å²) in [5, 5.41) is 11.0. The van der Waals surface area contributed by atoms with Crippen LogP contribution in [0.3, 0.4) is 0 Å². The summed E-state index contributed by atoms with van der Waals surface area (Å²) in [6.45, 7) is 9.95. The van der Waals surface area contributed by atoms with Crippen LogP contribution in [0, 0.1) is 46.3 Å². The highest BCUT2D eigenvalue weighted by Crippen LogP contribution is 2.69.